The van der Waals surface area contributed by atoms with Crippen molar-refractivity contribution in [3.05, 3.63) is 95.0 Å². The van der Waals surface area contributed by atoms with Crippen LogP contribution in [0.15, 0.2) is 88.1 Å². The first-order valence-corrected chi connectivity index (χ1v) is 11.9. The third kappa shape index (κ3) is 4.21. The van der Waals surface area contributed by atoms with Crippen LogP contribution in [0.5, 0.6) is 11.5 Å². The lowest BCUT2D eigenvalue weighted by Gasteiger charge is -2.45. The lowest BCUT2D eigenvalue weighted by Crippen LogP contribution is -2.65. The molecule has 1 aromatic heterocycles. The van der Waals surface area contributed by atoms with Gasteiger partial charge in [-0.25, -0.2) is 9.59 Å². The molecule has 1 amide bonds. The topological polar surface area (TPSA) is 100 Å². The molecular formula is C29H26N2O7. The number of oxazole rings is 1. The number of methoxy groups -OCH3 is 3. The Balaban J connectivity index is 1.61. The molecule has 9 nitrogen and oxygen atoms in total. The first-order chi connectivity index (χ1) is 18.5. The van der Waals surface area contributed by atoms with Crippen LogP contribution in [0.25, 0.3) is 22.6 Å². The molecule has 1 aliphatic rings. The largest absolute Gasteiger partial charge is 0.497 e. The van der Waals surface area contributed by atoms with Gasteiger partial charge in [-0.15, -0.1) is 0 Å². The molecule has 0 spiro atoms. The first-order valence-electron chi connectivity index (χ1n) is 11.9. The van der Waals surface area contributed by atoms with E-state index in [1.54, 1.807) is 25.3 Å². The average Bonchev–Trinajstić information content (AvgIpc) is 3.30. The summed E-state index contributed by atoms with van der Waals surface area (Å²) >= 11 is 0. The van der Waals surface area contributed by atoms with Gasteiger partial charge in [0.25, 0.3) is 0 Å². The molecule has 38 heavy (non-hydrogen) atoms. The second-order valence-electron chi connectivity index (χ2n) is 8.70. The van der Waals surface area contributed by atoms with Crippen LogP contribution < -0.4 is 15.2 Å². The molecule has 0 aliphatic carbocycles. The molecule has 3 aromatic carbocycles. The monoisotopic (exact) mass is 514 g/mol. The van der Waals surface area contributed by atoms with Gasteiger partial charge in [0.15, 0.2) is 17.8 Å². The Morgan fingerprint density at radius 3 is 2.13 bits per heavy atom. The average molecular weight is 515 g/mol. The molecule has 4 aromatic rings. The van der Waals surface area contributed by atoms with Crippen LogP contribution in [0.3, 0.4) is 0 Å². The van der Waals surface area contributed by atoms with E-state index in [-0.39, 0.29) is 6.54 Å². The number of carbonyl (C=O) groups excluding carboxylic acids is 2. The number of benzene rings is 3. The maximum Gasteiger partial charge on any atom is 0.420 e. The van der Waals surface area contributed by atoms with Crippen LogP contribution in [0.1, 0.15) is 11.6 Å². The molecule has 0 N–H and O–H groups in total. The van der Waals surface area contributed by atoms with Crippen molar-refractivity contribution in [2.75, 3.05) is 21.3 Å². The Labute approximate surface area is 218 Å². The standard InChI is InChI=1S/C29H26N2O7/c1-35-21-15-14-20(22(16-21)36-2)17-30-25(28(33)37-3)24(27(30)32)31-23(18-10-6-4-7-11-18)26(38-29(31)34)19-12-8-5-9-13-19/h4-16,24-25H,17H2,1-3H3/t24-,25-/m1/s1. The normalized spacial score (nSPS) is 16.6. The van der Waals surface area contributed by atoms with Crippen LogP contribution >= 0.6 is 0 Å². The van der Waals surface area contributed by atoms with Crippen molar-refractivity contribution in [2.24, 2.45) is 0 Å². The first kappa shape index (κ1) is 24.9. The van der Waals surface area contributed by atoms with E-state index < -0.39 is 29.7 Å². The van der Waals surface area contributed by atoms with Crippen molar-refractivity contribution in [3.63, 3.8) is 0 Å². The summed E-state index contributed by atoms with van der Waals surface area (Å²) in [7, 11) is 4.31. The highest BCUT2D eigenvalue weighted by atomic mass is 16.5. The molecule has 5 rings (SSSR count). The van der Waals surface area contributed by atoms with Gasteiger partial charge >= 0.3 is 11.7 Å². The van der Waals surface area contributed by atoms with Crippen molar-refractivity contribution < 1.29 is 28.2 Å². The van der Waals surface area contributed by atoms with E-state index in [9.17, 15) is 14.4 Å². The summed E-state index contributed by atoms with van der Waals surface area (Å²) in [5.41, 5.74) is 2.42. The summed E-state index contributed by atoms with van der Waals surface area (Å²) in [5, 5.41) is 0. The molecule has 0 radical (unpaired) electrons. The van der Waals surface area contributed by atoms with Gasteiger partial charge < -0.3 is 23.5 Å². The van der Waals surface area contributed by atoms with Crippen molar-refractivity contribution in [2.45, 2.75) is 18.6 Å². The van der Waals surface area contributed by atoms with Crippen LogP contribution in [0.4, 0.5) is 0 Å². The van der Waals surface area contributed by atoms with Crippen molar-refractivity contribution in [1.82, 2.24) is 9.47 Å². The third-order valence-electron chi connectivity index (χ3n) is 6.65. The van der Waals surface area contributed by atoms with Crippen LogP contribution in [0, 0.1) is 0 Å². The van der Waals surface area contributed by atoms with E-state index in [4.69, 9.17) is 18.6 Å². The molecular weight excluding hydrogens is 488 g/mol. The van der Waals surface area contributed by atoms with E-state index >= 15 is 0 Å². The van der Waals surface area contributed by atoms with E-state index in [2.05, 4.69) is 0 Å². The van der Waals surface area contributed by atoms with Crippen molar-refractivity contribution >= 4 is 11.9 Å². The maximum atomic E-state index is 13.7. The van der Waals surface area contributed by atoms with Crippen LogP contribution in [-0.2, 0) is 20.9 Å². The third-order valence-corrected chi connectivity index (χ3v) is 6.65. The number of aromatic nitrogens is 1. The number of carbonyl (C=O) groups is 2. The number of likely N-dealkylation sites (tertiary alicyclic amines) is 1. The van der Waals surface area contributed by atoms with Gasteiger partial charge in [0, 0.05) is 22.8 Å². The van der Waals surface area contributed by atoms with E-state index in [1.165, 1.54) is 23.7 Å². The highest BCUT2D eigenvalue weighted by molar-refractivity contribution is 5.99. The van der Waals surface area contributed by atoms with Gasteiger partial charge in [0.2, 0.25) is 5.91 Å². The molecule has 0 unspecified atom stereocenters. The minimum atomic E-state index is -1.14. The Hall–Kier alpha value is -4.79. The molecule has 9 heteroatoms. The van der Waals surface area contributed by atoms with Crippen molar-refractivity contribution in [1.29, 1.82) is 0 Å². The SMILES string of the molecule is COC(=O)[C@H]1[C@@H](n2c(-c3ccccc3)c(-c3ccccc3)oc2=O)C(=O)N1Cc1ccc(OC)cc1OC. The summed E-state index contributed by atoms with van der Waals surface area (Å²) in [6.07, 6.45) is 0. The molecule has 1 saturated heterocycles. The fraction of sp³-hybridized carbons (Fsp3) is 0.207. The summed E-state index contributed by atoms with van der Waals surface area (Å²) in [5.74, 6) is -0.395. The predicted octanol–water partition coefficient (Wildman–Crippen LogP) is 3.92. The molecule has 0 saturated carbocycles. The number of hydrogen-bond donors (Lipinski definition) is 0. The van der Waals surface area contributed by atoms with E-state index in [0.717, 1.165) is 0 Å². The van der Waals surface area contributed by atoms with Crippen molar-refractivity contribution in [3.8, 4) is 34.1 Å². The zero-order chi connectivity index (χ0) is 26.8. The molecule has 0 bridgehead atoms. The highest BCUT2D eigenvalue weighted by Crippen LogP contribution is 2.40. The fourth-order valence-electron chi connectivity index (χ4n) is 4.79. The highest BCUT2D eigenvalue weighted by Gasteiger charge is 2.55. The maximum absolute atomic E-state index is 13.7. The molecule has 1 aliphatic heterocycles. The number of amides is 1. The number of hydrogen-bond acceptors (Lipinski definition) is 7. The Morgan fingerprint density at radius 1 is 0.868 bits per heavy atom. The second-order valence-corrected chi connectivity index (χ2v) is 8.70. The predicted molar refractivity (Wildman–Crippen MR) is 139 cm³/mol. The van der Waals surface area contributed by atoms with Crippen LogP contribution in [-0.4, -0.2) is 48.7 Å². The fourth-order valence-corrected chi connectivity index (χ4v) is 4.79. The number of nitrogens with zero attached hydrogens (tertiary/aromatic N) is 2. The smallest absolute Gasteiger partial charge is 0.420 e. The molecule has 2 heterocycles. The second kappa shape index (κ2) is 10.3. The van der Waals surface area contributed by atoms with E-state index in [0.29, 0.717) is 39.6 Å². The Kier molecular flexibility index (Phi) is 6.74. The lowest BCUT2D eigenvalue weighted by atomic mass is 9.92. The number of ether oxygens (including phenoxy) is 3. The zero-order valence-electron chi connectivity index (χ0n) is 21.1. The molecule has 2 atom stereocenters. The Bertz CT molecular complexity index is 1530. The van der Waals surface area contributed by atoms with Crippen LogP contribution in [0.2, 0.25) is 0 Å². The minimum Gasteiger partial charge on any atom is -0.497 e. The minimum absolute atomic E-state index is 0.0705. The molecule has 1 fully saturated rings. The Morgan fingerprint density at radius 2 is 1.53 bits per heavy atom. The summed E-state index contributed by atoms with van der Waals surface area (Å²) < 4.78 is 22.8. The summed E-state index contributed by atoms with van der Waals surface area (Å²) in [6, 6.07) is 21.3. The molecule has 194 valence electrons. The summed E-state index contributed by atoms with van der Waals surface area (Å²) in [4.78, 5) is 41.3. The zero-order valence-corrected chi connectivity index (χ0v) is 21.1. The lowest BCUT2D eigenvalue weighted by molar-refractivity contribution is -0.172. The van der Waals surface area contributed by atoms with E-state index in [1.807, 2.05) is 60.7 Å². The van der Waals surface area contributed by atoms with Gasteiger partial charge in [-0.05, 0) is 12.1 Å². The quantitative estimate of drug-likeness (QED) is 0.260. The van der Waals surface area contributed by atoms with Gasteiger partial charge in [-0.1, -0.05) is 60.7 Å². The van der Waals surface area contributed by atoms with Gasteiger partial charge in [0.1, 0.15) is 11.5 Å². The number of esters is 1. The number of rotatable bonds is 8. The number of β-lactam (4-membered cyclic amide) rings is 1. The summed E-state index contributed by atoms with van der Waals surface area (Å²) in [6.45, 7) is 0.0705. The van der Waals surface area contributed by atoms with Gasteiger partial charge in [-0.2, -0.15) is 0 Å². The van der Waals surface area contributed by atoms with Gasteiger partial charge in [-0.3, -0.25) is 9.36 Å². The van der Waals surface area contributed by atoms with Gasteiger partial charge in [0.05, 0.1) is 33.6 Å².